The van der Waals surface area contributed by atoms with Crippen molar-refractivity contribution in [2.75, 3.05) is 0 Å². The zero-order valence-electron chi connectivity index (χ0n) is 12.5. The van der Waals surface area contributed by atoms with E-state index in [1.165, 1.54) is 37.8 Å². The molecule has 0 spiro atoms. The van der Waals surface area contributed by atoms with Crippen LogP contribution in [-0.4, -0.2) is 11.1 Å². The van der Waals surface area contributed by atoms with Gasteiger partial charge in [0.25, 0.3) is 0 Å². The van der Waals surface area contributed by atoms with E-state index in [2.05, 4.69) is 6.92 Å². The number of carbonyl (C=O) groups is 1. The van der Waals surface area contributed by atoms with Crippen LogP contribution < -0.4 is 0 Å². The molecule has 2 nitrogen and oxygen atoms in total. The number of hydrogen-bond acceptors (Lipinski definition) is 1. The molecule has 4 unspecified atom stereocenters. The third-order valence-corrected chi connectivity index (χ3v) is 5.56. The second-order valence-electron chi connectivity index (χ2n) is 6.99. The molecule has 1 aromatic carbocycles. The number of carboxylic acids is 1. The summed E-state index contributed by atoms with van der Waals surface area (Å²) in [7, 11) is 0. The molecular formula is C18H23FO2. The Bertz CT molecular complexity index is 540. The van der Waals surface area contributed by atoms with Gasteiger partial charge in [-0.25, -0.2) is 9.18 Å². The zero-order valence-corrected chi connectivity index (χ0v) is 12.5. The van der Waals surface area contributed by atoms with Crippen LogP contribution in [0.1, 0.15) is 67.3 Å². The predicted molar refractivity (Wildman–Crippen MR) is 79.9 cm³/mol. The van der Waals surface area contributed by atoms with Crippen LogP contribution in [-0.2, 0) is 0 Å². The lowest BCUT2D eigenvalue weighted by atomic mass is 9.64. The highest BCUT2D eigenvalue weighted by molar-refractivity contribution is 5.87. The maximum atomic E-state index is 14.2. The summed E-state index contributed by atoms with van der Waals surface area (Å²) >= 11 is 0. The van der Waals surface area contributed by atoms with Crippen molar-refractivity contribution in [3.8, 4) is 0 Å². The quantitative estimate of drug-likeness (QED) is 0.846. The van der Waals surface area contributed by atoms with Gasteiger partial charge in [-0.1, -0.05) is 19.4 Å². The summed E-state index contributed by atoms with van der Waals surface area (Å²) in [6.07, 6.45) is 7.21. The summed E-state index contributed by atoms with van der Waals surface area (Å²) in [4.78, 5) is 10.9. The van der Waals surface area contributed by atoms with E-state index in [1.54, 1.807) is 6.07 Å². The molecule has 0 amide bonds. The maximum absolute atomic E-state index is 14.2. The molecule has 0 aliphatic heterocycles. The standard InChI is InChI=1S/C18H23FO2/c1-11-2-3-13-9-14(5-4-12(13)8-11)16-7-6-15(18(20)21)10-17(16)19/h6-7,10-14H,2-5,8-9H2,1H3,(H,20,21). The number of carboxylic acid groups (broad SMARTS) is 1. The van der Waals surface area contributed by atoms with Crippen LogP contribution in [0.25, 0.3) is 0 Å². The lowest BCUT2D eigenvalue weighted by molar-refractivity contribution is 0.0696. The van der Waals surface area contributed by atoms with Gasteiger partial charge in [0.05, 0.1) is 5.56 Å². The maximum Gasteiger partial charge on any atom is 0.335 e. The highest BCUT2D eigenvalue weighted by Crippen LogP contribution is 2.47. The first-order valence-electron chi connectivity index (χ1n) is 8.07. The van der Waals surface area contributed by atoms with Crippen molar-refractivity contribution in [3.63, 3.8) is 0 Å². The van der Waals surface area contributed by atoms with Crippen molar-refractivity contribution < 1.29 is 14.3 Å². The summed E-state index contributed by atoms with van der Waals surface area (Å²) in [6, 6.07) is 4.40. The lowest BCUT2D eigenvalue weighted by Crippen LogP contribution is -2.30. The van der Waals surface area contributed by atoms with Gasteiger partial charge in [-0.2, -0.15) is 0 Å². The first-order valence-corrected chi connectivity index (χ1v) is 8.07. The van der Waals surface area contributed by atoms with E-state index >= 15 is 0 Å². The molecular weight excluding hydrogens is 267 g/mol. The van der Waals surface area contributed by atoms with Crippen LogP contribution >= 0.6 is 0 Å². The molecule has 1 aromatic rings. The van der Waals surface area contributed by atoms with Gasteiger partial charge in [0.2, 0.25) is 0 Å². The number of fused-ring (bicyclic) bond motifs is 1. The van der Waals surface area contributed by atoms with Gasteiger partial charge in [-0.15, -0.1) is 0 Å². The number of rotatable bonds is 2. The number of aromatic carboxylic acids is 1. The lowest BCUT2D eigenvalue weighted by Gasteiger charge is -2.41. The second kappa shape index (κ2) is 5.78. The first kappa shape index (κ1) is 14.6. The largest absolute Gasteiger partial charge is 0.478 e. The van der Waals surface area contributed by atoms with Crippen LogP contribution in [0.2, 0.25) is 0 Å². The average molecular weight is 290 g/mol. The summed E-state index contributed by atoms with van der Waals surface area (Å²) in [5.41, 5.74) is 0.758. The van der Waals surface area contributed by atoms with Gasteiger partial charge in [0.1, 0.15) is 5.82 Å². The van der Waals surface area contributed by atoms with Gasteiger partial charge >= 0.3 is 5.97 Å². The Morgan fingerprint density at radius 2 is 1.86 bits per heavy atom. The van der Waals surface area contributed by atoms with Gasteiger partial charge in [-0.05, 0) is 73.5 Å². The van der Waals surface area contributed by atoms with Crippen LogP contribution in [0.4, 0.5) is 4.39 Å². The summed E-state index contributed by atoms with van der Waals surface area (Å²) < 4.78 is 14.2. The minimum Gasteiger partial charge on any atom is -0.478 e. The van der Waals surface area contributed by atoms with Crippen LogP contribution in [0.15, 0.2) is 18.2 Å². The normalized spacial score (nSPS) is 32.5. The van der Waals surface area contributed by atoms with Crippen molar-refractivity contribution in [1.82, 2.24) is 0 Å². The Labute approximate surface area is 125 Å². The van der Waals surface area contributed by atoms with E-state index in [9.17, 15) is 9.18 Å². The monoisotopic (exact) mass is 290 g/mol. The van der Waals surface area contributed by atoms with E-state index < -0.39 is 5.97 Å². The van der Waals surface area contributed by atoms with Crippen molar-refractivity contribution >= 4 is 5.97 Å². The molecule has 2 aliphatic rings. The molecule has 0 bridgehead atoms. The smallest absolute Gasteiger partial charge is 0.335 e. The molecule has 4 atom stereocenters. The van der Waals surface area contributed by atoms with Gasteiger partial charge in [0.15, 0.2) is 0 Å². The fourth-order valence-corrected chi connectivity index (χ4v) is 4.40. The van der Waals surface area contributed by atoms with Crippen LogP contribution in [0, 0.1) is 23.6 Å². The van der Waals surface area contributed by atoms with Crippen molar-refractivity contribution in [2.45, 2.75) is 51.4 Å². The molecule has 0 saturated heterocycles. The fourth-order valence-electron chi connectivity index (χ4n) is 4.40. The molecule has 114 valence electrons. The third-order valence-electron chi connectivity index (χ3n) is 5.56. The van der Waals surface area contributed by atoms with Gasteiger partial charge in [0, 0.05) is 0 Å². The SMILES string of the molecule is CC1CCC2CC(c3ccc(C(=O)O)cc3F)CCC2C1. The van der Waals surface area contributed by atoms with E-state index in [0.29, 0.717) is 0 Å². The van der Waals surface area contributed by atoms with Gasteiger partial charge in [-0.3, -0.25) is 0 Å². The Morgan fingerprint density at radius 3 is 2.57 bits per heavy atom. The highest BCUT2D eigenvalue weighted by atomic mass is 19.1. The average Bonchev–Trinajstić information content (AvgIpc) is 2.46. The van der Waals surface area contributed by atoms with E-state index in [1.807, 2.05) is 0 Å². The Balaban J connectivity index is 1.75. The minimum absolute atomic E-state index is 0.0384. The minimum atomic E-state index is -1.06. The Hall–Kier alpha value is -1.38. The van der Waals surface area contributed by atoms with E-state index in [-0.39, 0.29) is 17.3 Å². The van der Waals surface area contributed by atoms with E-state index in [0.717, 1.165) is 36.2 Å². The fraction of sp³-hybridized carbons (Fsp3) is 0.611. The van der Waals surface area contributed by atoms with Gasteiger partial charge < -0.3 is 5.11 Å². The topological polar surface area (TPSA) is 37.3 Å². The summed E-state index contributed by atoms with van der Waals surface area (Å²) in [6.45, 7) is 2.34. The van der Waals surface area contributed by atoms with Crippen LogP contribution in [0.3, 0.4) is 0 Å². The molecule has 3 rings (SSSR count). The molecule has 2 fully saturated rings. The molecule has 3 heteroatoms. The third kappa shape index (κ3) is 2.97. The summed E-state index contributed by atoms with van der Waals surface area (Å²) in [5, 5.41) is 8.92. The summed E-state index contributed by atoms with van der Waals surface area (Å²) in [5.74, 6) is 1.26. The molecule has 1 N–H and O–H groups in total. The number of halogens is 1. The molecule has 0 heterocycles. The first-order chi connectivity index (χ1) is 10.0. The second-order valence-corrected chi connectivity index (χ2v) is 6.99. The molecule has 2 aliphatic carbocycles. The number of hydrogen-bond donors (Lipinski definition) is 1. The van der Waals surface area contributed by atoms with Crippen LogP contribution in [0.5, 0.6) is 0 Å². The van der Waals surface area contributed by atoms with Crippen molar-refractivity contribution in [1.29, 1.82) is 0 Å². The molecule has 0 radical (unpaired) electrons. The number of benzene rings is 1. The molecule has 0 aromatic heterocycles. The molecule has 2 saturated carbocycles. The predicted octanol–water partition coefficient (Wildman–Crippen LogP) is 4.84. The zero-order chi connectivity index (χ0) is 15.0. The highest BCUT2D eigenvalue weighted by Gasteiger charge is 2.35. The van der Waals surface area contributed by atoms with Crippen molar-refractivity contribution in [2.24, 2.45) is 17.8 Å². The Morgan fingerprint density at radius 1 is 1.14 bits per heavy atom. The van der Waals surface area contributed by atoms with Crippen molar-refractivity contribution in [3.05, 3.63) is 35.1 Å². The van der Waals surface area contributed by atoms with E-state index in [4.69, 9.17) is 5.11 Å². The molecule has 21 heavy (non-hydrogen) atoms. The Kier molecular flexibility index (Phi) is 4.01.